The molecule has 10 heteroatoms. The van der Waals surface area contributed by atoms with Crippen molar-refractivity contribution in [1.29, 1.82) is 0 Å². The average molecular weight is 341 g/mol. The molecule has 0 saturated heterocycles. The number of nitrogens with two attached hydrogens (primary N) is 1. The number of hydrogen-bond acceptors (Lipinski definition) is 6. The van der Waals surface area contributed by atoms with Crippen LogP contribution in [0.4, 0.5) is 30.6 Å². The van der Waals surface area contributed by atoms with E-state index in [0.717, 1.165) is 11.8 Å². The molecule has 2 aromatic rings. The lowest BCUT2D eigenvalue weighted by Gasteiger charge is -2.21. The summed E-state index contributed by atoms with van der Waals surface area (Å²) in [5, 5.41) is 12.8. The molecular formula is C14H14F3N5O2. The minimum Gasteiger partial charge on any atom is -0.378 e. The number of alkyl halides is 3. The summed E-state index contributed by atoms with van der Waals surface area (Å²) in [6.07, 6.45) is -3.81. The molecule has 24 heavy (non-hydrogen) atoms. The highest BCUT2D eigenvalue weighted by Crippen LogP contribution is 2.27. The minimum absolute atomic E-state index is 0.195. The van der Waals surface area contributed by atoms with Crippen LogP contribution in [0.2, 0.25) is 0 Å². The lowest BCUT2D eigenvalue weighted by atomic mass is 10.1. The molecule has 1 heterocycles. The SMILES string of the molecule is Nc1nc(NC(CCc2ccccc2)C(F)(F)F)ncc1[N+](=O)[O-]. The topological polar surface area (TPSA) is 107 Å². The summed E-state index contributed by atoms with van der Waals surface area (Å²) in [6.45, 7) is 0. The Bertz CT molecular complexity index is 709. The second-order valence-corrected chi connectivity index (χ2v) is 4.98. The van der Waals surface area contributed by atoms with Crippen LogP contribution in [0.15, 0.2) is 36.5 Å². The molecule has 7 nitrogen and oxygen atoms in total. The third-order valence-electron chi connectivity index (χ3n) is 3.26. The molecule has 0 fully saturated rings. The van der Waals surface area contributed by atoms with Gasteiger partial charge >= 0.3 is 11.9 Å². The van der Waals surface area contributed by atoms with Gasteiger partial charge in [0.25, 0.3) is 0 Å². The molecular weight excluding hydrogens is 327 g/mol. The van der Waals surface area contributed by atoms with Gasteiger partial charge in [-0.3, -0.25) is 10.1 Å². The van der Waals surface area contributed by atoms with Crippen molar-refractivity contribution in [2.45, 2.75) is 25.1 Å². The van der Waals surface area contributed by atoms with E-state index in [9.17, 15) is 23.3 Å². The van der Waals surface area contributed by atoms with Crippen LogP contribution in [-0.2, 0) is 6.42 Å². The molecule has 0 aliphatic rings. The number of nitro groups is 1. The zero-order valence-electron chi connectivity index (χ0n) is 12.3. The number of rotatable bonds is 6. The molecule has 1 aromatic heterocycles. The third-order valence-corrected chi connectivity index (χ3v) is 3.26. The van der Waals surface area contributed by atoms with Crippen molar-refractivity contribution < 1.29 is 18.1 Å². The number of nitrogens with zero attached hydrogens (tertiary/aromatic N) is 3. The van der Waals surface area contributed by atoms with Crippen molar-refractivity contribution in [2.24, 2.45) is 0 Å². The number of benzene rings is 1. The van der Waals surface area contributed by atoms with E-state index in [2.05, 4.69) is 15.3 Å². The van der Waals surface area contributed by atoms with Gasteiger partial charge in [-0.15, -0.1) is 0 Å². The van der Waals surface area contributed by atoms with Gasteiger partial charge < -0.3 is 11.1 Å². The molecule has 0 amide bonds. The van der Waals surface area contributed by atoms with E-state index >= 15 is 0 Å². The largest absolute Gasteiger partial charge is 0.408 e. The molecule has 0 aliphatic heterocycles. The van der Waals surface area contributed by atoms with Crippen LogP contribution < -0.4 is 11.1 Å². The highest BCUT2D eigenvalue weighted by molar-refractivity contribution is 5.53. The van der Waals surface area contributed by atoms with Gasteiger partial charge in [-0.2, -0.15) is 18.2 Å². The van der Waals surface area contributed by atoms with Crippen LogP contribution in [0.3, 0.4) is 0 Å². The van der Waals surface area contributed by atoms with Gasteiger partial charge in [0.05, 0.1) is 4.92 Å². The van der Waals surface area contributed by atoms with Gasteiger partial charge in [0.1, 0.15) is 12.2 Å². The van der Waals surface area contributed by atoms with E-state index in [4.69, 9.17) is 5.73 Å². The summed E-state index contributed by atoms with van der Waals surface area (Å²) >= 11 is 0. The number of anilines is 2. The van der Waals surface area contributed by atoms with Gasteiger partial charge in [0.15, 0.2) is 0 Å². The Hall–Kier alpha value is -2.91. The van der Waals surface area contributed by atoms with Gasteiger partial charge in [-0.25, -0.2) is 4.98 Å². The Morgan fingerprint density at radius 1 is 1.29 bits per heavy atom. The van der Waals surface area contributed by atoms with Gasteiger partial charge in [0.2, 0.25) is 11.8 Å². The van der Waals surface area contributed by atoms with Crippen LogP contribution >= 0.6 is 0 Å². The second-order valence-electron chi connectivity index (χ2n) is 4.98. The lowest BCUT2D eigenvalue weighted by Crippen LogP contribution is -2.37. The standard InChI is InChI=1S/C14H14F3N5O2/c15-14(16,17)11(7-6-9-4-2-1-3-5-9)20-13-19-8-10(22(23)24)12(18)21-13/h1-5,8,11H,6-7H2,(H3,18,19,20,21). The molecule has 0 saturated carbocycles. The first-order valence-corrected chi connectivity index (χ1v) is 6.91. The smallest absolute Gasteiger partial charge is 0.378 e. The summed E-state index contributed by atoms with van der Waals surface area (Å²) in [7, 11) is 0. The molecule has 0 spiro atoms. The molecule has 1 atom stereocenters. The molecule has 2 rings (SSSR count). The molecule has 0 bridgehead atoms. The van der Waals surface area contributed by atoms with E-state index in [1.54, 1.807) is 30.3 Å². The second kappa shape index (κ2) is 7.11. The Labute approximate surface area is 134 Å². The van der Waals surface area contributed by atoms with Crippen molar-refractivity contribution in [2.75, 3.05) is 11.1 Å². The zero-order chi connectivity index (χ0) is 17.7. The van der Waals surface area contributed by atoms with E-state index in [1.165, 1.54) is 0 Å². The van der Waals surface area contributed by atoms with E-state index in [1.807, 2.05) is 0 Å². The van der Waals surface area contributed by atoms with Crippen molar-refractivity contribution >= 4 is 17.5 Å². The normalized spacial score (nSPS) is 12.6. The van der Waals surface area contributed by atoms with Crippen molar-refractivity contribution in [1.82, 2.24) is 9.97 Å². The maximum atomic E-state index is 13.2. The first-order valence-electron chi connectivity index (χ1n) is 6.91. The van der Waals surface area contributed by atoms with Crippen molar-refractivity contribution in [3.8, 4) is 0 Å². The Balaban J connectivity index is 2.12. The van der Waals surface area contributed by atoms with Gasteiger partial charge in [-0.05, 0) is 18.4 Å². The Kier molecular flexibility index (Phi) is 5.17. The van der Waals surface area contributed by atoms with Crippen molar-refractivity contribution in [3.05, 3.63) is 52.2 Å². The third kappa shape index (κ3) is 4.54. The number of nitrogens with one attached hydrogen (secondary N) is 1. The zero-order valence-corrected chi connectivity index (χ0v) is 12.3. The minimum atomic E-state index is -4.53. The van der Waals surface area contributed by atoms with Crippen molar-refractivity contribution in [3.63, 3.8) is 0 Å². The maximum absolute atomic E-state index is 13.2. The molecule has 0 aliphatic carbocycles. The number of hydrogen-bond donors (Lipinski definition) is 2. The monoisotopic (exact) mass is 341 g/mol. The fourth-order valence-corrected chi connectivity index (χ4v) is 2.03. The summed E-state index contributed by atoms with van der Waals surface area (Å²) in [4.78, 5) is 16.9. The lowest BCUT2D eigenvalue weighted by molar-refractivity contribution is -0.384. The highest BCUT2D eigenvalue weighted by atomic mass is 19.4. The van der Waals surface area contributed by atoms with Crippen LogP contribution in [0, 0.1) is 10.1 Å². The van der Waals surface area contributed by atoms with Crippen LogP contribution in [0.25, 0.3) is 0 Å². The summed E-state index contributed by atoms with van der Waals surface area (Å²) < 4.78 is 39.5. The number of aromatic nitrogens is 2. The van der Waals surface area contributed by atoms with Gasteiger partial charge in [0, 0.05) is 0 Å². The number of nitrogen functional groups attached to an aromatic ring is 1. The number of halogens is 3. The molecule has 3 N–H and O–H groups in total. The van der Waals surface area contributed by atoms with E-state index < -0.39 is 34.6 Å². The Morgan fingerprint density at radius 2 is 1.96 bits per heavy atom. The van der Waals surface area contributed by atoms with Gasteiger partial charge in [-0.1, -0.05) is 30.3 Å². The molecule has 0 radical (unpaired) electrons. The Morgan fingerprint density at radius 3 is 2.50 bits per heavy atom. The predicted octanol–water partition coefficient (Wildman–Crippen LogP) is 2.94. The molecule has 1 aromatic carbocycles. The summed E-state index contributed by atoms with van der Waals surface area (Å²) in [5.74, 6) is -0.907. The van der Waals surface area contributed by atoms with Crippen LogP contribution in [-0.4, -0.2) is 27.1 Å². The van der Waals surface area contributed by atoms with Crippen LogP contribution in [0.5, 0.6) is 0 Å². The highest BCUT2D eigenvalue weighted by Gasteiger charge is 2.39. The summed E-state index contributed by atoms with van der Waals surface area (Å²) in [5.41, 5.74) is 5.56. The molecule has 1 unspecified atom stereocenters. The number of aryl methyl sites for hydroxylation is 1. The fraction of sp³-hybridized carbons (Fsp3) is 0.286. The van der Waals surface area contributed by atoms with Crippen LogP contribution in [0.1, 0.15) is 12.0 Å². The summed E-state index contributed by atoms with van der Waals surface area (Å²) in [6, 6.07) is 6.81. The fourth-order valence-electron chi connectivity index (χ4n) is 2.03. The first-order chi connectivity index (χ1) is 11.3. The first kappa shape index (κ1) is 17.4. The maximum Gasteiger partial charge on any atom is 0.408 e. The van der Waals surface area contributed by atoms with E-state index in [0.29, 0.717) is 0 Å². The van der Waals surface area contributed by atoms with E-state index in [-0.39, 0.29) is 12.8 Å². The predicted molar refractivity (Wildman–Crippen MR) is 81.3 cm³/mol. The molecule has 128 valence electrons. The quantitative estimate of drug-likeness (QED) is 0.618. The average Bonchev–Trinajstić information content (AvgIpc) is 2.51.